The summed E-state index contributed by atoms with van der Waals surface area (Å²) < 4.78 is 6.73. The Kier molecular flexibility index (Phi) is 5.58. The lowest BCUT2D eigenvalue weighted by atomic mass is 10.2. The van der Waals surface area contributed by atoms with E-state index in [1.807, 2.05) is 47.0 Å². The number of hydrogen-bond acceptors (Lipinski definition) is 6. The molecule has 3 aromatic heterocycles. The van der Waals surface area contributed by atoms with Crippen molar-refractivity contribution in [2.24, 2.45) is 0 Å². The number of methoxy groups -OCH3 is 1. The van der Waals surface area contributed by atoms with Crippen LogP contribution in [-0.2, 0) is 17.7 Å². The average molecular weight is 420 g/mol. The molecule has 0 aliphatic heterocycles. The van der Waals surface area contributed by atoms with Crippen molar-refractivity contribution in [1.29, 1.82) is 0 Å². The van der Waals surface area contributed by atoms with Gasteiger partial charge < -0.3 is 9.30 Å². The Morgan fingerprint density at radius 1 is 1.17 bits per heavy atom. The lowest BCUT2D eigenvalue weighted by molar-refractivity contribution is 0.0606. The Bertz CT molecular complexity index is 1210. The van der Waals surface area contributed by atoms with Crippen molar-refractivity contribution in [3.63, 3.8) is 0 Å². The second-order valence-corrected chi connectivity index (χ2v) is 7.93. The molecule has 1 amide bonds. The molecular weight excluding hydrogens is 400 g/mol. The van der Waals surface area contributed by atoms with E-state index >= 15 is 0 Å². The number of para-hydroxylation sites is 2. The number of imidazole rings is 1. The number of carbonyl (C=O) groups excluding carboxylic acids is 2. The van der Waals surface area contributed by atoms with Crippen molar-refractivity contribution in [2.75, 3.05) is 12.4 Å². The Morgan fingerprint density at radius 3 is 2.73 bits per heavy atom. The smallest absolute Gasteiger partial charge is 0.348 e. The highest BCUT2D eigenvalue weighted by molar-refractivity contribution is 7.14. The molecule has 4 aromatic rings. The van der Waals surface area contributed by atoms with Crippen molar-refractivity contribution >= 4 is 40.2 Å². The number of esters is 1. The van der Waals surface area contributed by atoms with Gasteiger partial charge >= 0.3 is 5.97 Å². The van der Waals surface area contributed by atoms with Crippen molar-refractivity contribution in [1.82, 2.24) is 14.5 Å². The van der Waals surface area contributed by atoms with Crippen molar-refractivity contribution in [3.05, 3.63) is 75.7 Å². The standard InChI is InChI=1S/C22H20N4O3S/c1-14-16(13-19(30-14)21(28)29-2)20(27)25-22-24-17-8-3-4-9-18(17)26(22)12-10-15-7-5-6-11-23-15/h3-9,11,13H,10,12H2,1-2H3,(H,24,25,27). The van der Waals surface area contributed by atoms with Gasteiger partial charge in [0.1, 0.15) is 4.88 Å². The first kappa shape index (κ1) is 19.8. The van der Waals surface area contributed by atoms with Gasteiger partial charge in [-0.3, -0.25) is 15.1 Å². The van der Waals surface area contributed by atoms with Crippen molar-refractivity contribution in [2.45, 2.75) is 19.9 Å². The molecule has 0 saturated heterocycles. The van der Waals surface area contributed by atoms with Gasteiger partial charge in [0.05, 0.1) is 23.7 Å². The van der Waals surface area contributed by atoms with Gasteiger partial charge in [-0.15, -0.1) is 11.3 Å². The van der Waals surface area contributed by atoms with Gasteiger partial charge in [0.25, 0.3) is 5.91 Å². The topological polar surface area (TPSA) is 86.1 Å². The third-order valence-corrected chi connectivity index (χ3v) is 5.78. The Morgan fingerprint density at radius 2 is 1.97 bits per heavy atom. The fraction of sp³-hybridized carbons (Fsp3) is 0.182. The van der Waals surface area contributed by atoms with Crippen LogP contribution < -0.4 is 5.32 Å². The predicted molar refractivity (Wildman–Crippen MR) is 116 cm³/mol. The van der Waals surface area contributed by atoms with E-state index < -0.39 is 5.97 Å². The highest BCUT2D eigenvalue weighted by Gasteiger charge is 2.20. The van der Waals surface area contributed by atoms with Gasteiger partial charge in [0.2, 0.25) is 5.95 Å². The molecule has 0 saturated carbocycles. The van der Waals surface area contributed by atoms with Crippen LogP contribution in [0, 0.1) is 6.92 Å². The highest BCUT2D eigenvalue weighted by Crippen LogP contribution is 2.25. The first-order valence-electron chi connectivity index (χ1n) is 9.42. The minimum absolute atomic E-state index is 0.312. The number of benzene rings is 1. The average Bonchev–Trinajstić information content (AvgIpc) is 3.32. The largest absolute Gasteiger partial charge is 0.465 e. The van der Waals surface area contributed by atoms with Crippen molar-refractivity contribution < 1.29 is 14.3 Å². The van der Waals surface area contributed by atoms with Crippen molar-refractivity contribution in [3.8, 4) is 0 Å². The molecule has 0 spiro atoms. The third kappa shape index (κ3) is 3.95. The van der Waals surface area contributed by atoms with Crippen LogP contribution in [-0.4, -0.2) is 33.5 Å². The summed E-state index contributed by atoms with van der Waals surface area (Å²) >= 11 is 1.23. The second-order valence-electron chi connectivity index (χ2n) is 6.67. The molecule has 7 nitrogen and oxygen atoms in total. The van der Waals surface area contributed by atoms with Gasteiger partial charge in [0, 0.05) is 29.7 Å². The summed E-state index contributed by atoms with van der Waals surface area (Å²) in [7, 11) is 1.32. The maximum absolute atomic E-state index is 12.9. The number of aromatic nitrogens is 3. The van der Waals surface area contributed by atoms with Gasteiger partial charge in [-0.05, 0) is 37.3 Å². The normalized spacial score (nSPS) is 10.9. The summed E-state index contributed by atoms with van der Waals surface area (Å²) in [4.78, 5) is 34.8. The quantitative estimate of drug-likeness (QED) is 0.475. The van der Waals surface area contributed by atoms with E-state index in [-0.39, 0.29) is 5.91 Å². The lowest BCUT2D eigenvalue weighted by Gasteiger charge is -2.10. The predicted octanol–water partition coefficient (Wildman–Crippen LogP) is 4.08. The van der Waals surface area contributed by atoms with E-state index in [2.05, 4.69) is 15.3 Å². The molecule has 4 rings (SSSR count). The molecule has 0 aliphatic carbocycles. The summed E-state index contributed by atoms with van der Waals surface area (Å²) in [5.41, 5.74) is 3.12. The summed E-state index contributed by atoms with van der Waals surface area (Å²) in [6.07, 6.45) is 2.47. The van der Waals surface area contributed by atoms with Gasteiger partial charge in [-0.1, -0.05) is 18.2 Å². The zero-order valence-electron chi connectivity index (χ0n) is 16.6. The second kappa shape index (κ2) is 8.46. The first-order valence-corrected chi connectivity index (χ1v) is 10.2. The number of hydrogen-bond donors (Lipinski definition) is 1. The number of anilines is 1. The number of pyridine rings is 1. The fourth-order valence-electron chi connectivity index (χ4n) is 3.25. The summed E-state index contributed by atoms with van der Waals surface area (Å²) in [6.45, 7) is 2.42. The van der Waals surface area contributed by atoms with E-state index in [0.29, 0.717) is 29.4 Å². The number of nitrogens with zero attached hydrogens (tertiary/aromatic N) is 3. The van der Waals surface area contributed by atoms with Crippen LogP contribution in [0.2, 0.25) is 0 Å². The van der Waals surface area contributed by atoms with Crippen LogP contribution >= 0.6 is 11.3 Å². The zero-order chi connectivity index (χ0) is 21.1. The molecule has 0 fully saturated rings. The summed E-state index contributed by atoms with van der Waals surface area (Å²) in [5, 5.41) is 2.91. The van der Waals surface area contributed by atoms with E-state index in [1.54, 1.807) is 19.2 Å². The lowest BCUT2D eigenvalue weighted by Crippen LogP contribution is -2.17. The first-order chi connectivity index (χ1) is 14.6. The minimum Gasteiger partial charge on any atom is -0.465 e. The maximum Gasteiger partial charge on any atom is 0.348 e. The van der Waals surface area contributed by atoms with E-state index in [4.69, 9.17) is 4.74 Å². The molecular formula is C22H20N4O3S. The molecule has 3 heterocycles. The number of fused-ring (bicyclic) bond motifs is 1. The third-order valence-electron chi connectivity index (χ3n) is 4.75. The minimum atomic E-state index is -0.454. The number of aryl methyl sites for hydroxylation is 3. The van der Waals surface area contributed by atoms with E-state index in [0.717, 1.165) is 21.6 Å². The number of rotatable bonds is 6. The van der Waals surface area contributed by atoms with Crippen LogP contribution in [0.4, 0.5) is 5.95 Å². The maximum atomic E-state index is 12.9. The molecule has 0 atom stereocenters. The number of thiophene rings is 1. The molecule has 1 N–H and O–H groups in total. The van der Waals surface area contributed by atoms with Gasteiger partial charge in [-0.2, -0.15) is 0 Å². The molecule has 30 heavy (non-hydrogen) atoms. The van der Waals surface area contributed by atoms with E-state index in [9.17, 15) is 9.59 Å². The number of nitrogens with one attached hydrogen (secondary N) is 1. The van der Waals surface area contributed by atoms with Crippen LogP contribution in [0.15, 0.2) is 54.7 Å². The monoisotopic (exact) mass is 420 g/mol. The highest BCUT2D eigenvalue weighted by atomic mass is 32.1. The molecule has 152 valence electrons. The van der Waals surface area contributed by atoms with Crippen LogP contribution in [0.3, 0.4) is 0 Å². The fourth-order valence-corrected chi connectivity index (χ4v) is 4.18. The zero-order valence-corrected chi connectivity index (χ0v) is 17.4. The van der Waals surface area contributed by atoms with Gasteiger partial charge in [-0.25, -0.2) is 9.78 Å². The molecule has 0 bridgehead atoms. The summed E-state index contributed by atoms with van der Waals surface area (Å²) in [5.74, 6) is -0.305. The molecule has 0 radical (unpaired) electrons. The number of amides is 1. The Hall–Kier alpha value is -3.52. The molecule has 0 aliphatic rings. The van der Waals surface area contributed by atoms with Gasteiger partial charge in [0.15, 0.2) is 0 Å². The molecule has 8 heteroatoms. The van der Waals surface area contributed by atoms with Crippen LogP contribution in [0.1, 0.15) is 30.6 Å². The van der Waals surface area contributed by atoms with Crippen LogP contribution in [0.25, 0.3) is 11.0 Å². The Labute approximate surface area is 177 Å². The Balaban J connectivity index is 1.63. The van der Waals surface area contributed by atoms with Crippen LogP contribution in [0.5, 0.6) is 0 Å². The SMILES string of the molecule is COC(=O)c1cc(C(=O)Nc2nc3ccccc3n2CCc2ccccn2)c(C)s1. The number of ether oxygens (including phenoxy) is 1. The summed E-state index contributed by atoms with van der Waals surface area (Å²) in [6, 6.07) is 15.1. The molecule has 1 aromatic carbocycles. The molecule has 0 unspecified atom stereocenters. The number of carbonyl (C=O) groups is 2. The van der Waals surface area contributed by atoms with E-state index in [1.165, 1.54) is 18.4 Å².